The van der Waals surface area contributed by atoms with E-state index in [-0.39, 0.29) is 23.8 Å². The van der Waals surface area contributed by atoms with Crippen molar-refractivity contribution in [3.05, 3.63) is 47.0 Å². The van der Waals surface area contributed by atoms with Gasteiger partial charge < -0.3 is 13.9 Å². The van der Waals surface area contributed by atoms with Gasteiger partial charge in [0.1, 0.15) is 12.4 Å². The average Bonchev–Trinajstić information content (AvgIpc) is 3.11. The molecule has 9 heteroatoms. The van der Waals surface area contributed by atoms with Crippen molar-refractivity contribution in [2.75, 3.05) is 6.61 Å². The Balaban J connectivity index is 2.12. The first kappa shape index (κ1) is 17.0. The zero-order valence-electron chi connectivity index (χ0n) is 13.6. The van der Waals surface area contributed by atoms with Gasteiger partial charge in [-0.3, -0.25) is 9.59 Å². The van der Waals surface area contributed by atoms with Gasteiger partial charge in [0.25, 0.3) is 0 Å². The van der Waals surface area contributed by atoms with E-state index in [2.05, 4.69) is 9.98 Å². The van der Waals surface area contributed by atoms with Crippen LogP contribution in [0.15, 0.2) is 35.6 Å². The summed E-state index contributed by atoms with van der Waals surface area (Å²) in [6.07, 6.45) is 3.13. The fraction of sp³-hybridized carbons (Fsp3) is 0.250. The fourth-order valence-electron chi connectivity index (χ4n) is 2.33. The number of imidazole rings is 1. The first-order valence-corrected chi connectivity index (χ1v) is 8.32. The van der Waals surface area contributed by atoms with Crippen LogP contribution in [0.4, 0.5) is 4.39 Å². The summed E-state index contributed by atoms with van der Waals surface area (Å²) in [5, 5.41) is 0. The molecule has 7 nitrogen and oxygen atoms in total. The summed E-state index contributed by atoms with van der Waals surface area (Å²) >= 11 is 1.12. The number of hydrogen-bond donors (Lipinski definition) is 0. The van der Waals surface area contributed by atoms with Gasteiger partial charge >= 0.3 is 11.9 Å². The summed E-state index contributed by atoms with van der Waals surface area (Å²) in [5.41, 5.74) is 0.603. The molecular formula is C16H15FN4O3S. The van der Waals surface area contributed by atoms with Crippen LogP contribution in [0.2, 0.25) is 0 Å². The van der Waals surface area contributed by atoms with Crippen molar-refractivity contribution >= 4 is 33.4 Å². The van der Waals surface area contributed by atoms with Crippen molar-refractivity contribution in [1.82, 2.24) is 14.1 Å². The van der Waals surface area contributed by atoms with E-state index in [1.165, 1.54) is 22.9 Å². The highest BCUT2D eigenvalue weighted by atomic mass is 32.1. The van der Waals surface area contributed by atoms with Crippen molar-refractivity contribution in [2.24, 2.45) is 12.0 Å². The van der Waals surface area contributed by atoms with Gasteiger partial charge in [0.05, 0.1) is 16.8 Å². The van der Waals surface area contributed by atoms with Crippen molar-refractivity contribution in [2.45, 2.75) is 13.5 Å². The zero-order chi connectivity index (χ0) is 18.0. The van der Waals surface area contributed by atoms with Gasteiger partial charge in [0.15, 0.2) is 4.80 Å². The summed E-state index contributed by atoms with van der Waals surface area (Å²) in [6.45, 7) is 1.83. The second-order valence-electron chi connectivity index (χ2n) is 5.17. The quantitative estimate of drug-likeness (QED) is 0.664. The van der Waals surface area contributed by atoms with Crippen LogP contribution in [-0.4, -0.2) is 32.6 Å². The minimum Gasteiger partial charge on any atom is -0.465 e. The van der Waals surface area contributed by atoms with Crippen LogP contribution in [0, 0.1) is 5.82 Å². The van der Waals surface area contributed by atoms with Gasteiger partial charge in [-0.25, -0.2) is 9.37 Å². The van der Waals surface area contributed by atoms with Gasteiger partial charge in [-0.15, -0.1) is 0 Å². The SMILES string of the molecule is CCOC(=O)Cn1c(=NC(=O)c2nccn2C)sc2cc(F)ccc21. The molecule has 0 radical (unpaired) electrons. The Labute approximate surface area is 146 Å². The third-order valence-electron chi connectivity index (χ3n) is 3.45. The highest BCUT2D eigenvalue weighted by Crippen LogP contribution is 2.19. The van der Waals surface area contributed by atoms with Crippen LogP contribution in [0.1, 0.15) is 17.5 Å². The first-order valence-electron chi connectivity index (χ1n) is 7.50. The summed E-state index contributed by atoms with van der Waals surface area (Å²) in [7, 11) is 1.68. The molecule has 130 valence electrons. The number of benzene rings is 1. The third kappa shape index (κ3) is 3.50. The van der Waals surface area contributed by atoms with E-state index >= 15 is 0 Å². The van der Waals surface area contributed by atoms with Crippen LogP contribution >= 0.6 is 11.3 Å². The number of esters is 1. The number of hydrogen-bond acceptors (Lipinski definition) is 5. The van der Waals surface area contributed by atoms with Gasteiger partial charge in [0.2, 0.25) is 5.82 Å². The molecule has 0 saturated carbocycles. The lowest BCUT2D eigenvalue weighted by atomic mass is 10.3. The smallest absolute Gasteiger partial charge is 0.326 e. The van der Waals surface area contributed by atoms with Crippen LogP contribution in [0.3, 0.4) is 0 Å². The highest BCUT2D eigenvalue weighted by Gasteiger charge is 2.15. The number of amides is 1. The molecule has 2 heterocycles. The number of aryl methyl sites for hydroxylation is 1. The molecule has 1 aromatic carbocycles. The molecule has 0 unspecified atom stereocenters. The van der Waals surface area contributed by atoms with Crippen molar-refractivity contribution < 1.29 is 18.7 Å². The Bertz CT molecular complexity index is 1020. The van der Waals surface area contributed by atoms with Crippen LogP contribution in [0.25, 0.3) is 10.2 Å². The zero-order valence-corrected chi connectivity index (χ0v) is 14.4. The van der Waals surface area contributed by atoms with Gasteiger partial charge in [-0.2, -0.15) is 4.99 Å². The standard InChI is InChI=1S/C16H15FN4O3S/c1-3-24-13(22)9-21-11-5-4-10(17)8-12(11)25-16(21)19-15(23)14-18-6-7-20(14)2/h4-8H,3,9H2,1-2H3. The molecule has 0 fully saturated rings. The number of carbonyl (C=O) groups excluding carboxylic acids is 2. The number of aromatic nitrogens is 3. The van der Waals surface area contributed by atoms with Gasteiger partial charge in [-0.05, 0) is 25.1 Å². The van der Waals surface area contributed by atoms with Gasteiger partial charge in [0, 0.05) is 19.4 Å². The first-order chi connectivity index (χ1) is 12.0. The van der Waals surface area contributed by atoms with Crippen LogP contribution < -0.4 is 4.80 Å². The molecule has 0 bridgehead atoms. The molecule has 0 aliphatic rings. The molecule has 1 amide bonds. The predicted octanol–water partition coefficient (Wildman–Crippen LogP) is 1.88. The maximum atomic E-state index is 13.5. The molecule has 3 rings (SSSR count). The van der Waals surface area contributed by atoms with E-state index < -0.39 is 17.7 Å². The molecular weight excluding hydrogens is 347 g/mol. The second-order valence-corrected chi connectivity index (χ2v) is 6.18. The van der Waals surface area contributed by atoms with E-state index in [1.54, 1.807) is 30.8 Å². The van der Waals surface area contributed by atoms with E-state index in [0.717, 1.165) is 11.3 Å². The summed E-state index contributed by atoms with van der Waals surface area (Å²) in [6, 6.07) is 4.18. The van der Waals surface area contributed by atoms with Gasteiger partial charge in [-0.1, -0.05) is 11.3 Å². The number of rotatable bonds is 4. The molecule has 0 spiro atoms. The summed E-state index contributed by atoms with van der Waals surface area (Å²) in [5.74, 6) is -1.24. The minimum absolute atomic E-state index is 0.119. The van der Waals surface area contributed by atoms with Crippen molar-refractivity contribution in [3.8, 4) is 0 Å². The molecule has 0 aliphatic heterocycles. The predicted molar refractivity (Wildman–Crippen MR) is 89.5 cm³/mol. The molecule has 3 aromatic rings. The van der Waals surface area contributed by atoms with E-state index in [0.29, 0.717) is 10.2 Å². The number of carbonyl (C=O) groups is 2. The number of thiazole rings is 1. The lowest BCUT2D eigenvalue weighted by Crippen LogP contribution is -2.23. The van der Waals surface area contributed by atoms with Crippen LogP contribution in [-0.2, 0) is 23.1 Å². The normalized spacial score (nSPS) is 11.9. The Kier molecular flexibility index (Phi) is 4.75. The second kappa shape index (κ2) is 6.98. The number of ether oxygens (including phenoxy) is 1. The Morgan fingerprint density at radius 2 is 2.20 bits per heavy atom. The number of nitrogens with zero attached hydrogens (tertiary/aromatic N) is 4. The van der Waals surface area contributed by atoms with E-state index in [4.69, 9.17) is 4.74 Å². The molecule has 25 heavy (non-hydrogen) atoms. The highest BCUT2D eigenvalue weighted by molar-refractivity contribution is 7.16. The molecule has 0 atom stereocenters. The minimum atomic E-state index is -0.544. The average molecular weight is 362 g/mol. The number of halogens is 1. The van der Waals surface area contributed by atoms with E-state index in [1.807, 2.05) is 0 Å². The fourth-order valence-corrected chi connectivity index (χ4v) is 3.38. The maximum Gasteiger partial charge on any atom is 0.326 e. The molecule has 0 N–H and O–H groups in total. The summed E-state index contributed by atoms with van der Waals surface area (Å²) in [4.78, 5) is 32.6. The number of fused-ring (bicyclic) bond motifs is 1. The van der Waals surface area contributed by atoms with Crippen molar-refractivity contribution in [1.29, 1.82) is 0 Å². The topological polar surface area (TPSA) is 78.5 Å². The summed E-state index contributed by atoms with van der Waals surface area (Å²) < 4.78 is 22.1. The molecule has 0 aliphatic carbocycles. The molecule has 0 saturated heterocycles. The van der Waals surface area contributed by atoms with Crippen molar-refractivity contribution in [3.63, 3.8) is 0 Å². The third-order valence-corrected chi connectivity index (χ3v) is 4.49. The van der Waals surface area contributed by atoms with Crippen LogP contribution in [0.5, 0.6) is 0 Å². The largest absolute Gasteiger partial charge is 0.465 e. The Morgan fingerprint density at radius 3 is 2.88 bits per heavy atom. The maximum absolute atomic E-state index is 13.5. The molecule has 2 aromatic heterocycles. The lowest BCUT2D eigenvalue weighted by Gasteiger charge is -2.05. The van der Waals surface area contributed by atoms with E-state index in [9.17, 15) is 14.0 Å². The Hall–Kier alpha value is -2.81. The lowest BCUT2D eigenvalue weighted by molar-refractivity contribution is -0.143. The monoisotopic (exact) mass is 362 g/mol. The Morgan fingerprint density at radius 1 is 1.40 bits per heavy atom.